The molecule has 0 aliphatic heterocycles. The van der Waals surface area contributed by atoms with E-state index in [1.165, 1.54) is 18.2 Å². The van der Waals surface area contributed by atoms with Crippen molar-refractivity contribution in [2.75, 3.05) is 0 Å². The summed E-state index contributed by atoms with van der Waals surface area (Å²) in [6.45, 7) is 1.66. The maximum absolute atomic E-state index is 12.0. The van der Waals surface area contributed by atoms with Gasteiger partial charge in [0.2, 0.25) is 0 Å². The van der Waals surface area contributed by atoms with Gasteiger partial charge in [0, 0.05) is 5.02 Å². The molecule has 2 rings (SSSR count). The van der Waals surface area contributed by atoms with Crippen molar-refractivity contribution < 1.29 is 14.7 Å². The van der Waals surface area contributed by atoms with Gasteiger partial charge < -0.3 is 5.11 Å². The van der Waals surface area contributed by atoms with Gasteiger partial charge in [-0.15, -0.1) is 11.3 Å². The number of nitrogens with zero attached hydrogens (tertiary/aromatic N) is 1. The summed E-state index contributed by atoms with van der Waals surface area (Å²) in [5, 5.41) is 13.5. The molecule has 1 amide bonds. The van der Waals surface area contributed by atoms with Gasteiger partial charge >= 0.3 is 5.97 Å². The van der Waals surface area contributed by atoms with Gasteiger partial charge in [0.25, 0.3) is 5.91 Å². The smallest absolute Gasteiger partial charge is 0.345 e. The first kappa shape index (κ1) is 16.5. The molecular weight excluding hydrogens is 347 g/mol. The topological polar surface area (TPSA) is 78.8 Å². The van der Waals surface area contributed by atoms with Crippen molar-refractivity contribution in [3.05, 3.63) is 55.7 Å². The lowest BCUT2D eigenvalue weighted by molar-refractivity contribution is 0.0702. The fourth-order valence-corrected chi connectivity index (χ4v) is 2.73. The highest BCUT2D eigenvalue weighted by atomic mass is 35.5. The van der Waals surface area contributed by atoms with Crippen molar-refractivity contribution in [3.63, 3.8) is 0 Å². The van der Waals surface area contributed by atoms with Gasteiger partial charge in [0.05, 0.1) is 21.2 Å². The van der Waals surface area contributed by atoms with E-state index in [0.29, 0.717) is 15.6 Å². The van der Waals surface area contributed by atoms with E-state index >= 15 is 0 Å². The average molecular weight is 357 g/mol. The molecule has 1 aromatic carbocycles. The molecule has 0 aliphatic carbocycles. The third-order valence-electron chi connectivity index (χ3n) is 2.67. The Kier molecular flexibility index (Phi) is 5.18. The average Bonchev–Trinajstić information content (AvgIpc) is 2.97. The Hall–Kier alpha value is -1.89. The maximum atomic E-state index is 12.0. The van der Waals surface area contributed by atoms with Crippen LogP contribution in [-0.4, -0.2) is 22.7 Å². The molecule has 0 atom stereocenters. The number of benzene rings is 1. The van der Waals surface area contributed by atoms with E-state index in [-0.39, 0.29) is 15.5 Å². The largest absolute Gasteiger partial charge is 0.477 e. The quantitative estimate of drug-likeness (QED) is 0.643. The minimum Gasteiger partial charge on any atom is -0.477 e. The third-order valence-corrected chi connectivity index (χ3v) is 4.42. The highest BCUT2D eigenvalue weighted by Crippen LogP contribution is 2.21. The van der Waals surface area contributed by atoms with Crippen LogP contribution < -0.4 is 5.43 Å². The molecule has 0 unspecified atom stereocenters. The molecule has 0 bridgehead atoms. The van der Waals surface area contributed by atoms with E-state index in [9.17, 15) is 9.59 Å². The first-order valence-corrected chi connectivity index (χ1v) is 7.59. The molecule has 0 spiro atoms. The number of amides is 1. The fraction of sp³-hybridized carbons (Fsp3) is 0.0714. The number of hydrazone groups is 1. The van der Waals surface area contributed by atoms with Crippen LogP contribution in [0.2, 0.25) is 10.0 Å². The van der Waals surface area contributed by atoms with Gasteiger partial charge in [0.1, 0.15) is 4.88 Å². The van der Waals surface area contributed by atoms with Crippen LogP contribution in [0.4, 0.5) is 0 Å². The first-order chi connectivity index (χ1) is 10.4. The second-order valence-electron chi connectivity index (χ2n) is 4.23. The van der Waals surface area contributed by atoms with Crippen molar-refractivity contribution in [3.8, 4) is 0 Å². The second-order valence-corrected chi connectivity index (χ2v) is 6.16. The Bertz CT molecular complexity index is 771. The predicted octanol–water partition coefficient (Wildman–Crippen LogP) is 3.91. The molecule has 1 heterocycles. The number of carbonyl (C=O) groups excluding carboxylic acids is 1. The monoisotopic (exact) mass is 356 g/mol. The Balaban J connectivity index is 2.14. The van der Waals surface area contributed by atoms with Gasteiger partial charge in [-0.3, -0.25) is 4.79 Å². The van der Waals surface area contributed by atoms with Crippen molar-refractivity contribution >= 4 is 52.1 Å². The Morgan fingerprint density at radius 1 is 1.18 bits per heavy atom. The Morgan fingerprint density at radius 3 is 2.50 bits per heavy atom. The van der Waals surface area contributed by atoms with Crippen LogP contribution in [0.1, 0.15) is 31.8 Å². The van der Waals surface area contributed by atoms with Crippen molar-refractivity contribution in [1.82, 2.24) is 5.43 Å². The summed E-state index contributed by atoms with van der Waals surface area (Å²) in [6.07, 6.45) is 0. The predicted molar refractivity (Wildman–Crippen MR) is 87.4 cm³/mol. The highest BCUT2D eigenvalue weighted by Gasteiger charge is 2.12. The van der Waals surface area contributed by atoms with Crippen LogP contribution in [0.15, 0.2) is 35.4 Å². The molecule has 22 heavy (non-hydrogen) atoms. The van der Waals surface area contributed by atoms with Crippen LogP contribution in [0.5, 0.6) is 0 Å². The van der Waals surface area contributed by atoms with Crippen LogP contribution in [0.25, 0.3) is 0 Å². The number of nitrogens with one attached hydrogen (secondary N) is 1. The van der Waals surface area contributed by atoms with Gasteiger partial charge in [-0.2, -0.15) is 5.10 Å². The molecule has 0 saturated carbocycles. The number of hydrogen-bond donors (Lipinski definition) is 2. The zero-order valence-corrected chi connectivity index (χ0v) is 13.6. The van der Waals surface area contributed by atoms with Gasteiger partial charge in [-0.25, -0.2) is 10.2 Å². The van der Waals surface area contributed by atoms with Crippen molar-refractivity contribution in [2.45, 2.75) is 6.92 Å². The normalized spacial score (nSPS) is 11.3. The van der Waals surface area contributed by atoms with Crippen molar-refractivity contribution in [2.24, 2.45) is 5.10 Å². The van der Waals surface area contributed by atoms with Crippen LogP contribution in [0, 0.1) is 0 Å². The molecule has 5 nitrogen and oxygen atoms in total. The van der Waals surface area contributed by atoms with E-state index in [0.717, 1.165) is 11.3 Å². The van der Waals surface area contributed by atoms with Crippen molar-refractivity contribution in [1.29, 1.82) is 0 Å². The van der Waals surface area contributed by atoms with Gasteiger partial charge in [-0.1, -0.05) is 23.2 Å². The summed E-state index contributed by atoms with van der Waals surface area (Å²) in [4.78, 5) is 23.7. The van der Waals surface area contributed by atoms with E-state index in [4.69, 9.17) is 28.3 Å². The minimum absolute atomic E-state index is 0.203. The van der Waals surface area contributed by atoms with Crippen LogP contribution >= 0.6 is 34.5 Å². The number of rotatable bonds is 4. The van der Waals surface area contributed by atoms with E-state index in [1.54, 1.807) is 19.1 Å². The summed E-state index contributed by atoms with van der Waals surface area (Å²) in [5.41, 5.74) is 3.07. The molecule has 8 heteroatoms. The van der Waals surface area contributed by atoms with Crippen LogP contribution in [0.3, 0.4) is 0 Å². The van der Waals surface area contributed by atoms with E-state index < -0.39 is 11.9 Å². The number of thiophene rings is 1. The summed E-state index contributed by atoms with van der Waals surface area (Å²) >= 11 is 12.8. The van der Waals surface area contributed by atoms with E-state index in [2.05, 4.69) is 10.5 Å². The summed E-state index contributed by atoms with van der Waals surface area (Å²) in [7, 11) is 0. The summed E-state index contributed by atoms with van der Waals surface area (Å²) < 4.78 is 0. The maximum Gasteiger partial charge on any atom is 0.345 e. The molecule has 0 aliphatic rings. The van der Waals surface area contributed by atoms with E-state index in [1.807, 2.05) is 0 Å². The molecule has 0 radical (unpaired) electrons. The summed E-state index contributed by atoms with van der Waals surface area (Å²) in [6, 6.07) is 7.66. The number of hydrogen-bond acceptors (Lipinski definition) is 4. The Labute approximate surface area is 140 Å². The summed E-state index contributed by atoms with van der Waals surface area (Å²) in [5.74, 6) is -1.50. The van der Waals surface area contributed by atoms with Crippen LogP contribution in [-0.2, 0) is 0 Å². The fourth-order valence-electron chi connectivity index (χ4n) is 1.57. The second kappa shape index (κ2) is 6.91. The molecule has 0 saturated heterocycles. The lowest BCUT2D eigenvalue weighted by Gasteiger charge is -2.04. The number of aromatic carboxylic acids is 1. The lowest BCUT2D eigenvalue weighted by Crippen LogP contribution is -2.19. The highest BCUT2D eigenvalue weighted by molar-refractivity contribution is 7.15. The zero-order valence-electron chi connectivity index (χ0n) is 11.3. The van der Waals surface area contributed by atoms with Gasteiger partial charge in [-0.05, 0) is 37.3 Å². The van der Waals surface area contributed by atoms with Gasteiger partial charge in [0.15, 0.2) is 0 Å². The standard InChI is InChI=1S/C14H10Cl2N2O3S/c1-7(11-4-5-12(22-11)14(20)21)17-18-13(19)9-6-8(15)2-3-10(9)16/h2-6H,1H3,(H,18,19)(H,20,21)/b17-7-. The molecule has 0 fully saturated rings. The lowest BCUT2D eigenvalue weighted by atomic mass is 10.2. The molecular formula is C14H10Cl2N2O3S. The number of halogens is 2. The molecule has 114 valence electrons. The first-order valence-electron chi connectivity index (χ1n) is 6.01. The number of carbonyl (C=O) groups is 2. The Morgan fingerprint density at radius 2 is 1.86 bits per heavy atom. The molecule has 2 aromatic rings. The third kappa shape index (κ3) is 3.85. The number of carboxylic acids is 1. The SMILES string of the molecule is C/C(=N/NC(=O)c1cc(Cl)ccc1Cl)c1ccc(C(=O)O)s1. The molecule has 1 aromatic heterocycles. The minimum atomic E-state index is -1.00. The molecule has 2 N–H and O–H groups in total. The number of carboxylic acid groups (broad SMARTS) is 1. The zero-order chi connectivity index (χ0) is 16.3.